The van der Waals surface area contributed by atoms with Crippen LogP contribution < -0.4 is 16.0 Å². The first kappa shape index (κ1) is 21.4. The van der Waals surface area contributed by atoms with E-state index in [0.29, 0.717) is 18.7 Å². The fourth-order valence-electron chi connectivity index (χ4n) is 3.41. The van der Waals surface area contributed by atoms with Crippen LogP contribution in [0.4, 0.5) is 34.6 Å². The van der Waals surface area contributed by atoms with Crippen molar-refractivity contribution in [3.8, 4) is 0 Å². The van der Waals surface area contributed by atoms with Gasteiger partial charge in [0.05, 0.1) is 16.8 Å². The van der Waals surface area contributed by atoms with E-state index in [1.807, 2.05) is 0 Å². The summed E-state index contributed by atoms with van der Waals surface area (Å²) in [6.45, 7) is 0.306. The van der Waals surface area contributed by atoms with E-state index in [2.05, 4.69) is 20.9 Å². The van der Waals surface area contributed by atoms with Crippen molar-refractivity contribution in [3.63, 3.8) is 0 Å². The number of fused-ring (bicyclic) bond motifs is 1. The number of halogens is 4. The van der Waals surface area contributed by atoms with Gasteiger partial charge in [-0.05, 0) is 54.4 Å². The lowest BCUT2D eigenvalue weighted by molar-refractivity contribution is -0.136. The van der Waals surface area contributed by atoms with Gasteiger partial charge < -0.3 is 16.0 Å². The van der Waals surface area contributed by atoms with Crippen molar-refractivity contribution in [2.75, 3.05) is 22.5 Å². The Morgan fingerprint density at radius 2 is 1.84 bits per heavy atom. The number of alkyl halides is 3. The molecule has 4 rings (SSSR count). The Morgan fingerprint density at radius 3 is 2.59 bits per heavy atom. The molecule has 2 heterocycles. The van der Waals surface area contributed by atoms with E-state index < -0.39 is 23.5 Å². The largest absolute Gasteiger partial charge is 0.418 e. The molecule has 0 aliphatic carbocycles. The summed E-state index contributed by atoms with van der Waals surface area (Å²) in [6, 6.07) is 11.5. The van der Waals surface area contributed by atoms with Crippen LogP contribution in [0.15, 0.2) is 67.1 Å². The molecule has 5 nitrogen and oxygen atoms in total. The molecule has 0 radical (unpaired) electrons. The lowest BCUT2D eigenvalue weighted by Crippen LogP contribution is -2.13. The van der Waals surface area contributed by atoms with Gasteiger partial charge in [-0.3, -0.25) is 9.78 Å². The van der Waals surface area contributed by atoms with Crippen molar-refractivity contribution in [2.45, 2.75) is 12.6 Å². The number of hydrogen-bond acceptors (Lipinski definition) is 4. The molecule has 1 amide bonds. The molecule has 0 atom stereocenters. The molecule has 1 aliphatic rings. The maximum atomic E-state index is 14.1. The molecule has 3 N–H and O–H groups in total. The second-order valence-electron chi connectivity index (χ2n) is 7.11. The zero-order valence-electron chi connectivity index (χ0n) is 16.6. The molecule has 32 heavy (non-hydrogen) atoms. The number of carbonyl (C=O) groups is 1. The van der Waals surface area contributed by atoms with E-state index in [9.17, 15) is 22.4 Å². The number of aromatic nitrogens is 1. The number of hydrogen-bond donors (Lipinski definition) is 3. The van der Waals surface area contributed by atoms with Gasteiger partial charge in [0.25, 0.3) is 5.91 Å². The third-order valence-corrected chi connectivity index (χ3v) is 4.96. The van der Waals surface area contributed by atoms with Crippen LogP contribution in [-0.2, 0) is 17.4 Å². The van der Waals surface area contributed by atoms with Gasteiger partial charge in [-0.2, -0.15) is 13.2 Å². The molecule has 164 valence electrons. The van der Waals surface area contributed by atoms with Gasteiger partial charge in [-0.15, -0.1) is 0 Å². The van der Waals surface area contributed by atoms with E-state index in [1.54, 1.807) is 30.6 Å². The molecular weight excluding hydrogens is 424 g/mol. The molecule has 2 aromatic carbocycles. The Balaban J connectivity index is 1.53. The van der Waals surface area contributed by atoms with Crippen LogP contribution in [0.25, 0.3) is 5.57 Å². The van der Waals surface area contributed by atoms with Crippen LogP contribution in [0.1, 0.15) is 16.7 Å². The highest BCUT2D eigenvalue weighted by Gasteiger charge is 2.34. The van der Waals surface area contributed by atoms with Gasteiger partial charge in [-0.25, -0.2) is 4.39 Å². The number of amides is 1. The molecular formula is C23H18F4N4O. The molecule has 3 aromatic rings. The molecule has 0 bridgehead atoms. The molecule has 0 fully saturated rings. The maximum absolute atomic E-state index is 14.1. The number of rotatable bonds is 6. The van der Waals surface area contributed by atoms with Gasteiger partial charge in [0.1, 0.15) is 5.82 Å². The summed E-state index contributed by atoms with van der Waals surface area (Å²) in [7, 11) is 0. The second kappa shape index (κ2) is 8.70. The summed E-state index contributed by atoms with van der Waals surface area (Å²) >= 11 is 0. The first-order chi connectivity index (χ1) is 15.3. The number of pyridine rings is 1. The third-order valence-electron chi connectivity index (χ3n) is 4.96. The highest BCUT2D eigenvalue weighted by molar-refractivity contribution is 6.31. The van der Waals surface area contributed by atoms with Crippen molar-refractivity contribution >= 4 is 28.5 Å². The smallest absolute Gasteiger partial charge is 0.384 e. The molecule has 0 unspecified atom stereocenters. The van der Waals surface area contributed by atoms with E-state index in [-0.39, 0.29) is 22.5 Å². The topological polar surface area (TPSA) is 66.1 Å². The Hall–Kier alpha value is -3.88. The molecule has 0 saturated heterocycles. The first-order valence-electron chi connectivity index (χ1n) is 9.74. The van der Waals surface area contributed by atoms with Crippen LogP contribution in [-0.4, -0.2) is 17.4 Å². The fraction of sp³-hybridized carbons (Fsp3) is 0.130. The van der Waals surface area contributed by atoms with E-state index in [1.165, 1.54) is 30.5 Å². The fourth-order valence-corrected chi connectivity index (χ4v) is 3.41. The Labute approximate surface area is 181 Å². The summed E-state index contributed by atoms with van der Waals surface area (Å²) in [4.78, 5) is 16.0. The number of anilines is 3. The SMILES string of the molecule is O=C1Nc2cccc(F)c2C1=CNc1ccc(NCCc2ccncc2)c(C(F)(F)F)c1. The lowest BCUT2D eigenvalue weighted by atomic mass is 10.1. The van der Waals surface area contributed by atoms with Crippen molar-refractivity contribution < 1.29 is 22.4 Å². The van der Waals surface area contributed by atoms with Crippen molar-refractivity contribution in [1.82, 2.24) is 4.98 Å². The predicted molar refractivity (Wildman–Crippen MR) is 115 cm³/mol. The Kier molecular flexibility index (Phi) is 5.81. The average molecular weight is 442 g/mol. The standard InChI is InChI=1S/C23H18F4N4O/c24-18-2-1-3-20-21(18)16(22(32)31-20)13-30-15-4-5-19(17(12-15)23(25,26)27)29-11-8-14-6-9-28-10-7-14/h1-7,9-10,12-13,29-30H,8,11H2,(H,31,32). The van der Waals surface area contributed by atoms with Crippen molar-refractivity contribution in [3.05, 3.63) is 89.6 Å². The summed E-state index contributed by atoms with van der Waals surface area (Å²) in [5.74, 6) is -1.14. The molecule has 1 aliphatic heterocycles. The van der Waals surface area contributed by atoms with E-state index >= 15 is 0 Å². The van der Waals surface area contributed by atoms with Gasteiger partial charge >= 0.3 is 6.18 Å². The van der Waals surface area contributed by atoms with E-state index in [4.69, 9.17) is 0 Å². The van der Waals surface area contributed by atoms with Crippen LogP contribution in [0.3, 0.4) is 0 Å². The Bertz CT molecular complexity index is 1180. The summed E-state index contributed by atoms with van der Waals surface area (Å²) in [5, 5.41) is 8.03. The van der Waals surface area contributed by atoms with Crippen LogP contribution in [0.2, 0.25) is 0 Å². The van der Waals surface area contributed by atoms with Gasteiger partial charge in [0.2, 0.25) is 0 Å². The molecule has 0 spiro atoms. The first-order valence-corrected chi connectivity index (χ1v) is 9.74. The zero-order valence-corrected chi connectivity index (χ0v) is 16.6. The second-order valence-corrected chi connectivity index (χ2v) is 7.11. The number of benzene rings is 2. The maximum Gasteiger partial charge on any atom is 0.418 e. The monoisotopic (exact) mass is 442 g/mol. The third kappa shape index (κ3) is 4.56. The summed E-state index contributed by atoms with van der Waals surface area (Å²) in [6.07, 6.45) is 0.399. The van der Waals surface area contributed by atoms with Crippen LogP contribution in [0.5, 0.6) is 0 Å². The van der Waals surface area contributed by atoms with Gasteiger partial charge in [0.15, 0.2) is 0 Å². The Morgan fingerprint density at radius 1 is 1.06 bits per heavy atom. The molecule has 9 heteroatoms. The van der Waals surface area contributed by atoms with E-state index in [0.717, 1.165) is 11.6 Å². The molecule has 1 aromatic heterocycles. The highest BCUT2D eigenvalue weighted by Crippen LogP contribution is 2.37. The minimum Gasteiger partial charge on any atom is -0.384 e. The normalized spacial score (nSPS) is 14.2. The van der Waals surface area contributed by atoms with Crippen molar-refractivity contribution in [1.29, 1.82) is 0 Å². The minimum atomic E-state index is -4.59. The van der Waals surface area contributed by atoms with Gasteiger partial charge in [0, 0.05) is 42.1 Å². The quantitative estimate of drug-likeness (QED) is 0.358. The zero-order chi connectivity index (χ0) is 22.7. The van der Waals surface area contributed by atoms with Crippen LogP contribution >= 0.6 is 0 Å². The lowest BCUT2D eigenvalue weighted by Gasteiger charge is -2.16. The average Bonchev–Trinajstić information content (AvgIpc) is 3.09. The number of carbonyl (C=O) groups excluding carboxylic acids is 1. The number of nitrogens with zero attached hydrogens (tertiary/aromatic N) is 1. The predicted octanol–water partition coefficient (Wildman–Crippen LogP) is 5.30. The van der Waals surface area contributed by atoms with Crippen LogP contribution in [0, 0.1) is 5.82 Å². The van der Waals surface area contributed by atoms with Crippen molar-refractivity contribution in [2.24, 2.45) is 0 Å². The summed E-state index contributed by atoms with van der Waals surface area (Å²) < 4.78 is 55.0. The number of nitrogens with one attached hydrogen (secondary N) is 3. The van der Waals surface area contributed by atoms with Gasteiger partial charge in [-0.1, -0.05) is 6.07 Å². The molecule has 0 saturated carbocycles. The highest BCUT2D eigenvalue weighted by atomic mass is 19.4. The minimum absolute atomic E-state index is 0.00575. The summed E-state index contributed by atoms with van der Waals surface area (Å²) in [5.41, 5.74) is 0.558.